The van der Waals surface area contributed by atoms with Crippen molar-refractivity contribution in [3.8, 4) is 0 Å². The first kappa shape index (κ1) is 14.5. The first-order valence-electron chi connectivity index (χ1n) is 6.18. The van der Waals surface area contributed by atoms with Gasteiger partial charge >= 0.3 is 0 Å². The molecule has 0 aromatic heterocycles. The summed E-state index contributed by atoms with van der Waals surface area (Å²) in [6, 6.07) is 6.51. The monoisotopic (exact) mass is 256 g/mol. The van der Waals surface area contributed by atoms with E-state index < -0.39 is 0 Å². The maximum atomic E-state index is 12.9. The molecule has 3 heteroatoms. The minimum absolute atomic E-state index is 0.219. The zero-order valence-electron chi connectivity index (χ0n) is 10.5. The van der Waals surface area contributed by atoms with Gasteiger partial charge in [-0.15, -0.1) is 11.8 Å². The molecule has 17 heavy (non-hydrogen) atoms. The second-order valence-electron chi connectivity index (χ2n) is 4.55. The van der Waals surface area contributed by atoms with E-state index in [1.807, 2.05) is 6.07 Å². The third-order valence-electron chi connectivity index (χ3n) is 2.69. The van der Waals surface area contributed by atoms with Crippen molar-refractivity contribution >= 4 is 11.8 Å². The van der Waals surface area contributed by atoms with Crippen molar-refractivity contribution in [2.75, 3.05) is 5.75 Å². The van der Waals surface area contributed by atoms with E-state index in [0.29, 0.717) is 11.7 Å². The summed E-state index contributed by atoms with van der Waals surface area (Å²) in [5.41, 5.74) is 0. The number of aliphatic hydroxyl groups is 1. The molecule has 1 aromatic carbocycles. The van der Waals surface area contributed by atoms with Gasteiger partial charge in [0, 0.05) is 10.6 Å². The molecule has 96 valence electrons. The van der Waals surface area contributed by atoms with Crippen LogP contribution >= 0.6 is 11.8 Å². The van der Waals surface area contributed by atoms with Gasteiger partial charge in [0.25, 0.3) is 0 Å². The molecule has 0 radical (unpaired) electrons. The summed E-state index contributed by atoms with van der Waals surface area (Å²) >= 11 is 1.51. The summed E-state index contributed by atoms with van der Waals surface area (Å²) in [6.07, 6.45) is 2.84. The van der Waals surface area contributed by atoms with Crippen molar-refractivity contribution in [2.45, 2.75) is 44.1 Å². The quantitative estimate of drug-likeness (QED) is 0.741. The highest BCUT2D eigenvalue weighted by molar-refractivity contribution is 7.99. The van der Waals surface area contributed by atoms with Gasteiger partial charge in [-0.1, -0.05) is 32.8 Å². The third kappa shape index (κ3) is 6.08. The molecule has 1 aromatic rings. The van der Waals surface area contributed by atoms with Crippen LogP contribution in [0.25, 0.3) is 0 Å². The molecule has 0 spiro atoms. The molecule has 0 heterocycles. The number of rotatable bonds is 7. The summed E-state index contributed by atoms with van der Waals surface area (Å²) in [6.45, 7) is 4.32. The highest BCUT2D eigenvalue weighted by atomic mass is 32.2. The Morgan fingerprint density at radius 3 is 2.82 bits per heavy atom. The van der Waals surface area contributed by atoms with Crippen molar-refractivity contribution in [1.29, 1.82) is 0 Å². The highest BCUT2D eigenvalue weighted by Gasteiger charge is 2.10. The minimum Gasteiger partial charge on any atom is -0.392 e. The Morgan fingerprint density at radius 1 is 1.41 bits per heavy atom. The van der Waals surface area contributed by atoms with E-state index in [9.17, 15) is 9.50 Å². The standard InChI is InChI=1S/C14H21FOS/c1-3-5-11(2)8-13(16)10-17-14-7-4-6-12(15)9-14/h4,6-7,9,11,13,16H,3,5,8,10H2,1-2H3. The first-order chi connectivity index (χ1) is 8.11. The molecule has 0 fully saturated rings. The maximum Gasteiger partial charge on any atom is 0.124 e. The molecule has 1 nitrogen and oxygen atoms in total. The van der Waals surface area contributed by atoms with Crippen molar-refractivity contribution in [3.05, 3.63) is 30.1 Å². The summed E-state index contributed by atoms with van der Waals surface area (Å²) in [5, 5.41) is 9.86. The zero-order valence-corrected chi connectivity index (χ0v) is 11.3. The topological polar surface area (TPSA) is 20.2 Å². The van der Waals surface area contributed by atoms with Gasteiger partial charge in [0.05, 0.1) is 6.10 Å². The van der Waals surface area contributed by atoms with Crippen molar-refractivity contribution in [2.24, 2.45) is 5.92 Å². The molecule has 0 amide bonds. The van der Waals surface area contributed by atoms with E-state index in [2.05, 4.69) is 13.8 Å². The molecule has 0 bridgehead atoms. The second kappa shape index (κ2) is 7.72. The van der Waals surface area contributed by atoms with Gasteiger partial charge in [0.2, 0.25) is 0 Å². The Balaban J connectivity index is 2.30. The average Bonchev–Trinajstić information content (AvgIpc) is 2.27. The minimum atomic E-state index is -0.301. The lowest BCUT2D eigenvalue weighted by atomic mass is 10.00. The molecule has 0 saturated heterocycles. The fourth-order valence-corrected chi connectivity index (χ4v) is 2.78. The Kier molecular flexibility index (Phi) is 6.60. The molecule has 0 aliphatic rings. The molecule has 0 aliphatic carbocycles. The fourth-order valence-electron chi connectivity index (χ4n) is 1.89. The van der Waals surface area contributed by atoms with Gasteiger partial charge in [0.1, 0.15) is 5.82 Å². The lowest BCUT2D eigenvalue weighted by molar-refractivity contribution is 0.166. The maximum absolute atomic E-state index is 12.9. The van der Waals surface area contributed by atoms with Gasteiger partial charge in [-0.25, -0.2) is 4.39 Å². The predicted octanol–water partition coefficient (Wildman–Crippen LogP) is 4.11. The van der Waals surface area contributed by atoms with Crippen molar-refractivity contribution < 1.29 is 9.50 Å². The Bertz CT molecular complexity index is 330. The highest BCUT2D eigenvalue weighted by Crippen LogP contribution is 2.22. The molecular formula is C14H21FOS. The smallest absolute Gasteiger partial charge is 0.124 e. The van der Waals surface area contributed by atoms with Crippen molar-refractivity contribution in [1.82, 2.24) is 0 Å². The van der Waals surface area contributed by atoms with Crippen LogP contribution in [0.1, 0.15) is 33.1 Å². The van der Waals surface area contributed by atoms with Gasteiger partial charge in [-0.2, -0.15) is 0 Å². The molecule has 0 aliphatic heterocycles. The number of hydrogen-bond acceptors (Lipinski definition) is 2. The SMILES string of the molecule is CCCC(C)CC(O)CSc1cccc(F)c1. The van der Waals surface area contributed by atoms with Crippen LogP contribution in [0.3, 0.4) is 0 Å². The lowest BCUT2D eigenvalue weighted by Gasteiger charge is -2.15. The van der Waals surface area contributed by atoms with Gasteiger partial charge < -0.3 is 5.11 Å². The van der Waals surface area contributed by atoms with E-state index in [4.69, 9.17) is 0 Å². The van der Waals surface area contributed by atoms with E-state index in [1.165, 1.54) is 23.9 Å². The molecule has 2 atom stereocenters. The first-order valence-corrected chi connectivity index (χ1v) is 7.16. The summed E-state index contributed by atoms with van der Waals surface area (Å²) in [5.74, 6) is 0.976. The van der Waals surface area contributed by atoms with Crippen LogP contribution in [-0.2, 0) is 0 Å². The molecule has 0 saturated carbocycles. The lowest BCUT2D eigenvalue weighted by Crippen LogP contribution is -2.14. The average molecular weight is 256 g/mol. The Hall–Kier alpha value is -0.540. The van der Waals surface area contributed by atoms with Crippen LogP contribution in [0.2, 0.25) is 0 Å². The van der Waals surface area contributed by atoms with Crippen molar-refractivity contribution in [3.63, 3.8) is 0 Å². The Morgan fingerprint density at radius 2 is 2.18 bits per heavy atom. The third-order valence-corrected chi connectivity index (χ3v) is 3.83. The zero-order chi connectivity index (χ0) is 12.7. The van der Waals surface area contributed by atoms with E-state index in [0.717, 1.165) is 24.2 Å². The van der Waals surface area contributed by atoms with Crippen LogP contribution in [0.15, 0.2) is 29.2 Å². The number of benzene rings is 1. The Labute approximate surface area is 107 Å². The van der Waals surface area contributed by atoms with E-state index in [1.54, 1.807) is 6.07 Å². The summed E-state index contributed by atoms with van der Waals surface area (Å²) < 4.78 is 12.9. The molecule has 2 unspecified atom stereocenters. The number of halogens is 1. The summed E-state index contributed by atoms with van der Waals surface area (Å²) in [4.78, 5) is 0.882. The van der Waals surface area contributed by atoms with Crippen LogP contribution in [-0.4, -0.2) is 17.0 Å². The number of thioether (sulfide) groups is 1. The van der Waals surface area contributed by atoms with Crippen LogP contribution in [0.5, 0.6) is 0 Å². The normalized spacial score (nSPS) is 14.6. The molecule has 1 N–H and O–H groups in total. The summed E-state index contributed by atoms with van der Waals surface area (Å²) in [7, 11) is 0. The van der Waals surface area contributed by atoms with E-state index in [-0.39, 0.29) is 11.9 Å². The van der Waals surface area contributed by atoms with Gasteiger partial charge in [0.15, 0.2) is 0 Å². The fraction of sp³-hybridized carbons (Fsp3) is 0.571. The van der Waals surface area contributed by atoms with Crippen LogP contribution < -0.4 is 0 Å². The second-order valence-corrected chi connectivity index (χ2v) is 5.65. The van der Waals surface area contributed by atoms with Crippen LogP contribution in [0, 0.1) is 11.7 Å². The van der Waals surface area contributed by atoms with Gasteiger partial charge in [-0.05, 0) is 30.5 Å². The van der Waals surface area contributed by atoms with Crippen LogP contribution in [0.4, 0.5) is 4.39 Å². The number of hydrogen-bond donors (Lipinski definition) is 1. The number of aliphatic hydroxyl groups excluding tert-OH is 1. The molecular weight excluding hydrogens is 235 g/mol. The largest absolute Gasteiger partial charge is 0.392 e. The van der Waals surface area contributed by atoms with Gasteiger partial charge in [-0.3, -0.25) is 0 Å². The van der Waals surface area contributed by atoms with E-state index >= 15 is 0 Å². The predicted molar refractivity (Wildman–Crippen MR) is 71.8 cm³/mol. The molecule has 1 rings (SSSR count).